The van der Waals surface area contributed by atoms with Crippen LogP contribution in [-0.2, 0) is 4.79 Å². The molecule has 0 spiro atoms. The van der Waals surface area contributed by atoms with Gasteiger partial charge in [0.25, 0.3) is 0 Å². The molecule has 0 amide bonds. The molecule has 1 unspecified atom stereocenters. The fourth-order valence-corrected chi connectivity index (χ4v) is 3.21. The van der Waals surface area contributed by atoms with Crippen LogP contribution in [0.4, 0.5) is 0 Å². The van der Waals surface area contributed by atoms with Gasteiger partial charge in [0.2, 0.25) is 6.04 Å². The highest BCUT2D eigenvalue weighted by molar-refractivity contribution is 5.48. The molecule has 0 rings (SSSR count). The summed E-state index contributed by atoms with van der Waals surface area (Å²) in [5.41, 5.74) is 0. The summed E-state index contributed by atoms with van der Waals surface area (Å²) in [6.45, 7) is 2.20. The van der Waals surface area contributed by atoms with E-state index < -0.39 is 6.04 Å². The van der Waals surface area contributed by atoms with E-state index >= 15 is 0 Å². The van der Waals surface area contributed by atoms with Crippen LogP contribution in [-0.4, -0.2) is 17.3 Å². The van der Waals surface area contributed by atoms with Gasteiger partial charge in [-0.2, -0.15) is 0 Å². The summed E-state index contributed by atoms with van der Waals surface area (Å²) < 4.78 is 0. The zero-order valence-corrected chi connectivity index (χ0v) is 17.0. The van der Waals surface area contributed by atoms with Crippen LogP contribution in [0.1, 0.15) is 116 Å². The number of carbonyl (C=O) groups is 1. The fraction of sp³-hybridized carbons (Fsp3) is 0.864. The van der Waals surface area contributed by atoms with Gasteiger partial charge in [0.1, 0.15) is 6.29 Å². The minimum absolute atomic E-state index is 0.132. The Hall–Kier alpha value is -1.19. The van der Waals surface area contributed by atoms with Gasteiger partial charge in [-0.3, -0.25) is 10.1 Å². The minimum Gasteiger partial charge on any atom is -0.303 e. The van der Waals surface area contributed by atoms with Crippen LogP contribution >= 0.6 is 0 Å². The van der Waals surface area contributed by atoms with Crippen molar-refractivity contribution in [3.8, 4) is 0 Å². The first kappa shape index (κ1) is 24.8. The number of unbranched alkanes of at least 4 members (excludes halogenated alkanes) is 14. The Labute approximate surface area is 161 Å². The molecule has 0 fully saturated rings. The van der Waals surface area contributed by atoms with Crippen molar-refractivity contribution < 1.29 is 9.72 Å². The molecule has 0 aromatic carbocycles. The summed E-state index contributed by atoms with van der Waals surface area (Å²) in [5, 5.41) is 11.1. The summed E-state index contributed by atoms with van der Waals surface area (Å²) in [4.78, 5) is 21.2. The lowest BCUT2D eigenvalue weighted by molar-refractivity contribution is -0.510. The zero-order chi connectivity index (χ0) is 19.3. The predicted octanol–water partition coefficient (Wildman–Crippen LogP) is 7.04. The van der Waals surface area contributed by atoms with Crippen molar-refractivity contribution in [1.82, 2.24) is 0 Å². The van der Waals surface area contributed by atoms with E-state index in [0.29, 0.717) is 12.8 Å². The second-order valence-electron chi connectivity index (χ2n) is 7.41. The van der Waals surface area contributed by atoms with E-state index in [1.807, 2.05) is 12.2 Å². The maximum Gasteiger partial charge on any atom is 0.231 e. The Kier molecular flexibility index (Phi) is 19.2. The highest BCUT2D eigenvalue weighted by atomic mass is 16.6. The monoisotopic (exact) mass is 367 g/mol. The van der Waals surface area contributed by atoms with Crippen molar-refractivity contribution in [1.29, 1.82) is 0 Å². The Balaban J connectivity index is 3.56. The fourth-order valence-electron chi connectivity index (χ4n) is 3.21. The molecule has 4 nitrogen and oxygen atoms in total. The lowest BCUT2D eigenvalue weighted by Gasteiger charge is -2.05. The smallest absolute Gasteiger partial charge is 0.231 e. The third kappa shape index (κ3) is 17.6. The molecule has 0 saturated carbocycles. The number of nitrogens with zero attached hydrogens (tertiary/aromatic N) is 1. The van der Waals surface area contributed by atoms with E-state index in [1.165, 1.54) is 64.2 Å². The SMILES string of the molecule is CCCCCCCCC(/C=C/CCCCCCCCCCC=O)[N+](=O)[O-]. The average Bonchev–Trinajstić information content (AvgIpc) is 2.63. The van der Waals surface area contributed by atoms with E-state index in [-0.39, 0.29) is 4.92 Å². The van der Waals surface area contributed by atoms with E-state index in [9.17, 15) is 14.9 Å². The van der Waals surface area contributed by atoms with Crippen molar-refractivity contribution in [3.63, 3.8) is 0 Å². The van der Waals surface area contributed by atoms with Crippen LogP contribution in [0, 0.1) is 10.1 Å². The van der Waals surface area contributed by atoms with Crippen molar-refractivity contribution >= 4 is 6.29 Å². The third-order valence-corrected chi connectivity index (χ3v) is 4.93. The van der Waals surface area contributed by atoms with Gasteiger partial charge in [-0.1, -0.05) is 83.6 Å². The molecule has 0 aliphatic carbocycles. The van der Waals surface area contributed by atoms with Gasteiger partial charge >= 0.3 is 0 Å². The van der Waals surface area contributed by atoms with Crippen LogP contribution in [0.3, 0.4) is 0 Å². The number of hydrogen-bond acceptors (Lipinski definition) is 3. The Morgan fingerprint density at radius 3 is 1.81 bits per heavy atom. The molecule has 152 valence electrons. The average molecular weight is 368 g/mol. The summed E-state index contributed by atoms with van der Waals surface area (Å²) in [6, 6.07) is -0.493. The van der Waals surface area contributed by atoms with Gasteiger partial charge in [0, 0.05) is 17.8 Å². The van der Waals surface area contributed by atoms with Crippen LogP contribution < -0.4 is 0 Å². The highest BCUT2D eigenvalue weighted by Crippen LogP contribution is 2.13. The molecule has 0 aromatic rings. The summed E-state index contributed by atoms with van der Waals surface area (Å²) in [5.74, 6) is 0. The maximum absolute atomic E-state index is 11.1. The second-order valence-corrected chi connectivity index (χ2v) is 7.41. The molecule has 0 bridgehead atoms. The van der Waals surface area contributed by atoms with Crippen molar-refractivity contribution in [2.24, 2.45) is 0 Å². The van der Waals surface area contributed by atoms with Gasteiger partial charge in [-0.25, -0.2) is 0 Å². The largest absolute Gasteiger partial charge is 0.303 e. The molecule has 26 heavy (non-hydrogen) atoms. The molecule has 0 heterocycles. The van der Waals surface area contributed by atoms with E-state index in [2.05, 4.69) is 6.92 Å². The number of nitro groups is 1. The second kappa shape index (κ2) is 20.1. The molecular formula is C22H41NO3. The molecule has 0 aliphatic rings. The van der Waals surface area contributed by atoms with Gasteiger partial charge in [-0.05, 0) is 31.8 Å². The minimum atomic E-state index is -0.493. The molecule has 4 heteroatoms. The highest BCUT2D eigenvalue weighted by Gasteiger charge is 2.14. The van der Waals surface area contributed by atoms with Crippen molar-refractivity contribution in [2.45, 2.75) is 122 Å². The van der Waals surface area contributed by atoms with E-state index in [1.54, 1.807) is 0 Å². The van der Waals surface area contributed by atoms with Crippen molar-refractivity contribution in [2.75, 3.05) is 0 Å². The standard InChI is InChI=1S/C22H41NO3/c1-2-3-4-5-13-16-19-22(23(25)26)20-17-14-11-9-7-6-8-10-12-15-18-21-24/h17,20-22H,2-16,18-19H2,1H3/b20-17+. The molecule has 1 atom stereocenters. The lowest BCUT2D eigenvalue weighted by atomic mass is 10.0. The van der Waals surface area contributed by atoms with Gasteiger partial charge in [0.05, 0.1) is 0 Å². The summed E-state index contributed by atoms with van der Waals surface area (Å²) >= 11 is 0. The summed E-state index contributed by atoms with van der Waals surface area (Å²) in [7, 11) is 0. The Bertz CT molecular complexity index is 355. The van der Waals surface area contributed by atoms with E-state index in [4.69, 9.17) is 0 Å². The Morgan fingerprint density at radius 2 is 1.27 bits per heavy atom. The van der Waals surface area contributed by atoms with Crippen molar-refractivity contribution in [3.05, 3.63) is 22.3 Å². The maximum atomic E-state index is 11.1. The van der Waals surface area contributed by atoms with Gasteiger partial charge in [-0.15, -0.1) is 0 Å². The quantitative estimate of drug-likeness (QED) is 0.0762. The van der Waals surface area contributed by atoms with Gasteiger partial charge in [0.15, 0.2) is 0 Å². The number of carbonyl (C=O) groups excluding carboxylic acids is 1. The topological polar surface area (TPSA) is 60.2 Å². The zero-order valence-electron chi connectivity index (χ0n) is 17.0. The molecule has 0 saturated heterocycles. The molecule has 0 aliphatic heterocycles. The molecular weight excluding hydrogens is 326 g/mol. The number of allylic oxidation sites excluding steroid dienone is 1. The van der Waals surface area contributed by atoms with E-state index in [0.717, 1.165) is 38.4 Å². The van der Waals surface area contributed by atoms with Gasteiger partial charge < -0.3 is 4.79 Å². The number of hydrogen-bond donors (Lipinski definition) is 0. The first-order valence-electron chi connectivity index (χ1n) is 11.0. The summed E-state index contributed by atoms with van der Waals surface area (Å²) in [6.07, 6.45) is 23.8. The molecule has 0 aromatic heterocycles. The first-order valence-corrected chi connectivity index (χ1v) is 11.0. The van der Waals surface area contributed by atoms with Crippen LogP contribution in [0.25, 0.3) is 0 Å². The molecule has 0 N–H and O–H groups in total. The lowest BCUT2D eigenvalue weighted by Crippen LogP contribution is -2.16. The third-order valence-electron chi connectivity index (χ3n) is 4.93. The number of rotatable bonds is 20. The first-order chi connectivity index (χ1) is 12.7. The normalized spacial score (nSPS) is 12.5. The van der Waals surface area contributed by atoms with Crippen LogP contribution in [0.15, 0.2) is 12.2 Å². The predicted molar refractivity (Wildman–Crippen MR) is 110 cm³/mol. The molecule has 0 radical (unpaired) electrons. The van der Waals surface area contributed by atoms with Crippen LogP contribution in [0.5, 0.6) is 0 Å². The Morgan fingerprint density at radius 1 is 0.769 bits per heavy atom. The number of aldehydes is 1. The van der Waals surface area contributed by atoms with Crippen LogP contribution in [0.2, 0.25) is 0 Å².